The van der Waals surface area contributed by atoms with Crippen LogP contribution in [0.4, 0.5) is 5.82 Å². The molecule has 2 saturated heterocycles. The van der Waals surface area contributed by atoms with Crippen molar-refractivity contribution in [1.29, 1.82) is 0 Å². The molecule has 4 nitrogen and oxygen atoms in total. The van der Waals surface area contributed by atoms with Crippen LogP contribution in [0.1, 0.15) is 0 Å². The predicted molar refractivity (Wildman–Crippen MR) is 67.6 cm³/mol. The van der Waals surface area contributed by atoms with Crippen LogP contribution in [0.2, 0.25) is 5.02 Å². The minimum atomic E-state index is 0.636. The van der Waals surface area contributed by atoms with Crippen molar-refractivity contribution >= 4 is 17.4 Å². The predicted octanol–water partition coefficient (Wildman–Crippen LogP) is 1.26. The van der Waals surface area contributed by atoms with Crippen LogP contribution < -0.4 is 4.90 Å². The third-order valence-corrected chi connectivity index (χ3v) is 3.76. The van der Waals surface area contributed by atoms with Gasteiger partial charge in [-0.3, -0.25) is 4.90 Å². The Morgan fingerprint density at radius 3 is 2.76 bits per heavy atom. The average Bonchev–Trinajstić information content (AvgIpc) is 2.31. The summed E-state index contributed by atoms with van der Waals surface area (Å²) in [6, 6.07) is 4.40. The molecule has 0 N–H and O–H groups in total. The number of rotatable bonds is 2. The number of hydrogen-bond acceptors (Lipinski definition) is 4. The van der Waals surface area contributed by atoms with Crippen LogP contribution >= 0.6 is 11.6 Å². The lowest BCUT2D eigenvalue weighted by Crippen LogP contribution is -2.61. The van der Waals surface area contributed by atoms with E-state index in [4.69, 9.17) is 16.3 Å². The minimum absolute atomic E-state index is 0.636. The lowest BCUT2D eigenvalue weighted by Gasteiger charge is -2.47. The molecule has 0 saturated carbocycles. The van der Waals surface area contributed by atoms with Crippen molar-refractivity contribution in [2.24, 2.45) is 0 Å². The number of nitrogens with zero attached hydrogens (tertiary/aromatic N) is 3. The van der Waals surface area contributed by atoms with E-state index in [1.807, 2.05) is 12.1 Å². The second-order valence-electron chi connectivity index (χ2n) is 4.52. The second-order valence-corrected chi connectivity index (χ2v) is 4.92. The van der Waals surface area contributed by atoms with Gasteiger partial charge in [-0.1, -0.05) is 11.6 Å². The number of aromatic nitrogens is 1. The molecule has 0 aliphatic carbocycles. The third-order valence-electron chi connectivity index (χ3n) is 3.46. The zero-order valence-corrected chi connectivity index (χ0v) is 10.4. The molecule has 2 fully saturated rings. The summed E-state index contributed by atoms with van der Waals surface area (Å²) in [7, 11) is 0. The van der Waals surface area contributed by atoms with E-state index in [0.717, 1.165) is 50.2 Å². The van der Waals surface area contributed by atoms with E-state index in [1.165, 1.54) is 0 Å². The molecule has 0 unspecified atom stereocenters. The van der Waals surface area contributed by atoms with E-state index in [0.29, 0.717) is 6.04 Å². The Labute approximate surface area is 106 Å². The van der Waals surface area contributed by atoms with Gasteiger partial charge in [0.25, 0.3) is 0 Å². The molecule has 1 aromatic rings. The van der Waals surface area contributed by atoms with Crippen molar-refractivity contribution in [2.45, 2.75) is 6.04 Å². The van der Waals surface area contributed by atoms with Gasteiger partial charge < -0.3 is 9.64 Å². The SMILES string of the molecule is Clc1cccnc1N1CC(N2CCOCC2)C1. The van der Waals surface area contributed by atoms with E-state index in [1.54, 1.807) is 6.20 Å². The molecule has 3 heterocycles. The van der Waals surface area contributed by atoms with Crippen molar-refractivity contribution < 1.29 is 4.74 Å². The van der Waals surface area contributed by atoms with Gasteiger partial charge in [-0.05, 0) is 12.1 Å². The fraction of sp³-hybridized carbons (Fsp3) is 0.583. The summed E-state index contributed by atoms with van der Waals surface area (Å²) < 4.78 is 5.36. The van der Waals surface area contributed by atoms with Gasteiger partial charge in [0.15, 0.2) is 0 Å². The maximum Gasteiger partial charge on any atom is 0.147 e. The summed E-state index contributed by atoms with van der Waals surface area (Å²) in [5.41, 5.74) is 0. The molecule has 0 atom stereocenters. The van der Waals surface area contributed by atoms with Crippen molar-refractivity contribution in [3.63, 3.8) is 0 Å². The molecule has 2 aliphatic heterocycles. The fourth-order valence-electron chi connectivity index (χ4n) is 2.41. The van der Waals surface area contributed by atoms with E-state index < -0.39 is 0 Å². The smallest absolute Gasteiger partial charge is 0.147 e. The molecule has 92 valence electrons. The number of hydrogen-bond donors (Lipinski definition) is 0. The first-order valence-corrected chi connectivity index (χ1v) is 6.39. The standard InChI is InChI=1S/C12H16ClN3O/c13-11-2-1-3-14-12(11)16-8-10(9-16)15-4-6-17-7-5-15/h1-3,10H,4-9H2. The quantitative estimate of drug-likeness (QED) is 0.793. The number of anilines is 1. The summed E-state index contributed by atoms with van der Waals surface area (Å²) in [6.45, 7) is 5.87. The van der Waals surface area contributed by atoms with E-state index >= 15 is 0 Å². The fourth-order valence-corrected chi connectivity index (χ4v) is 2.65. The van der Waals surface area contributed by atoms with Gasteiger partial charge in [0.2, 0.25) is 0 Å². The lowest BCUT2D eigenvalue weighted by atomic mass is 10.1. The molecule has 0 bridgehead atoms. The molecule has 0 radical (unpaired) electrons. The van der Waals surface area contributed by atoms with Crippen molar-refractivity contribution in [2.75, 3.05) is 44.3 Å². The van der Waals surface area contributed by atoms with Gasteiger partial charge in [0, 0.05) is 38.4 Å². The van der Waals surface area contributed by atoms with Crippen LogP contribution in [-0.4, -0.2) is 55.3 Å². The van der Waals surface area contributed by atoms with Crippen LogP contribution in [0.25, 0.3) is 0 Å². The molecule has 0 aromatic carbocycles. The van der Waals surface area contributed by atoms with E-state index in [2.05, 4.69) is 14.8 Å². The first kappa shape index (κ1) is 11.3. The highest BCUT2D eigenvalue weighted by Crippen LogP contribution is 2.28. The molecule has 0 spiro atoms. The summed E-state index contributed by atoms with van der Waals surface area (Å²) in [5, 5.41) is 0.743. The Hall–Kier alpha value is -0.840. The maximum atomic E-state index is 6.13. The summed E-state index contributed by atoms with van der Waals surface area (Å²) in [6.07, 6.45) is 1.79. The van der Waals surface area contributed by atoms with Crippen LogP contribution in [0.5, 0.6) is 0 Å². The van der Waals surface area contributed by atoms with Gasteiger partial charge in [-0.25, -0.2) is 4.98 Å². The largest absolute Gasteiger partial charge is 0.379 e. The van der Waals surface area contributed by atoms with Crippen molar-refractivity contribution in [1.82, 2.24) is 9.88 Å². The Morgan fingerprint density at radius 1 is 1.29 bits per heavy atom. The number of pyridine rings is 1. The van der Waals surface area contributed by atoms with Crippen molar-refractivity contribution in [3.05, 3.63) is 23.4 Å². The topological polar surface area (TPSA) is 28.6 Å². The van der Waals surface area contributed by atoms with E-state index in [-0.39, 0.29) is 0 Å². The molecular formula is C12H16ClN3O. The summed E-state index contributed by atoms with van der Waals surface area (Å²) in [5.74, 6) is 0.915. The molecule has 3 rings (SSSR count). The van der Waals surface area contributed by atoms with Crippen LogP contribution in [0.3, 0.4) is 0 Å². The molecule has 1 aromatic heterocycles. The summed E-state index contributed by atoms with van der Waals surface area (Å²) in [4.78, 5) is 9.07. The van der Waals surface area contributed by atoms with Gasteiger partial charge in [0.05, 0.1) is 18.2 Å². The number of halogens is 1. The Morgan fingerprint density at radius 2 is 2.06 bits per heavy atom. The lowest BCUT2D eigenvalue weighted by molar-refractivity contribution is 0.0104. The molecule has 5 heteroatoms. The van der Waals surface area contributed by atoms with Crippen LogP contribution in [0.15, 0.2) is 18.3 Å². The highest BCUT2D eigenvalue weighted by Gasteiger charge is 2.33. The normalized spacial score (nSPS) is 22.5. The second kappa shape index (κ2) is 4.80. The third kappa shape index (κ3) is 2.25. The Kier molecular flexibility index (Phi) is 3.18. The zero-order valence-electron chi connectivity index (χ0n) is 9.68. The summed E-state index contributed by atoms with van der Waals surface area (Å²) >= 11 is 6.13. The average molecular weight is 254 g/mol. The van der Waals surface area contributed by atoms with Gasteiger partial charge in [-0.2, -0.15) is 0 Å². The number of ether oxygens (including phenoxy) is 1. The highest BCUT2D eigenvalue weighted by molar-refractivity contribution is 6.32. The maximum absolute atomic E-state index is 6.13. The Balaban J connectivity index is 1.59. The zero-order chi connectivity index (χ0) is 11.7. The van der Waals surface area contributed by atoms with E-state index in [9.17, 15) is 0 Å². The first-order chi connectivity index (χ1) is 8.34. The molecular weight excluding hydrogens is 238 g/mol. The molecule has 2 aliphatic rings. The van der Waals surface area contributed by atoms with Gasteiger partial charge >= 0.3 is 0 Å². The monoisotopic (exact) mass is 253 g/mol. The van der Waals surface area contributed by atoms with Gasteiger partial charge in [0.1, 0.15) is 5.82 Å². The molecule has 17 heavy (non-hydrogen) atoms. The van der Waals surface area contributed by atoms with Crippen LogP contribution in [-0.2, 0) is 4.74 Å². The van der Waals surface area contributed by atoms with Gasteiger partial charge in [-0.15, -0.1) is 0 Å². The Bertz CT molecular complexity index is 389. The molecule has 0 amide bonds. The first-order valence-electron chi connectivity index (χ1n) is 6.02. The van der Waals surface area contributed by atoms with Crippen molar-refractivity contribution in [3.8, 4) is 0 Å². The minimum Gasteiger partial charge on any atom is -0.379 e. The highest BCUT2D eigenvalue weighted by atomic mass is 35.5. The number of morpholine rings is 1. The van der Waals surface area contributed by atoms with Crippen LogP contribution in [0, 0.1) is 0 Å².